The molecule has 1 aromatic heterocycles. The molecule has 0 aliphatic heterocycles. The molecule has 3 rings (SSSR count). The number of carbonyl (C=O) groups excluding carboxylic acids is 2. The van der Waals surface area contributed by atoms with Crippen molar-refractivity contribution >= 4 is 72.5 Å². The number of nitriles is 1. The predicted octanol–water partition coefficient (Wildman–Crippen LogP) is -3.64. The van der Waals surface area contributed by atoms with Gasteiger partial charge in [-0.05, 0) is 67.9 Å². The number of nitrogens with one attached hydrogen (secondary N) is 1. The van der Waals surface area contributed by atoms with Crippen molar-refractivity contribution in [2.45, 2.75) is 82.4 Å². The van der Waals surface area contributed by atoms with Crippen molar-refractivity contribution in [3.05, 3.63) is 57.2 Å². The molecule has 22 heteroatoms. The number of carbonyl (C=O) groups is 2. The molecular formula is C31H33Cl2K3N6O9S2. The molecule has 1 heterocycles. The minimum atomic E-state index is -4.92. The molecule has 53 heavy (non-hydrogen) atoms. The van der Waals surface area contributed by atoms with Crippen molar-refractivity contribution in [2.24, 2.45) is 10.2 Å². The van der Waals surface area contributed by atoms with Crippen LogP contribution in [0.5, 0.6) is 0 Å². The molecule has 0 spiro atoms. The molecule has 270 valence electrons. The average molecular weight is 886 g/mol. The first-order chi connectivity index (χ1) is 23.1. The molecular weight excluding hydrogens is 853 g/mol. The monoisotopic (exact) mass is 884 g/mol. The van der Waals surface area contributed by atoms with Gasteiger partial charge in [0, 0.05) is 24.1 Å². The van der Waals surface area contributed by atoms with E-state index in [-0.39, 0.29) is 224 Å². The maximum Gasteiger partial charge on any atom is 1.00 e. The van der Waals surface area contributed by atoms with Crippen LogP contribution < -0.4 is 165 Å². The molecule has 0 saturated heterocycles. The van der Waals surface area contributed by atoms with E-state index in [9.17, 15) is 45.9 Å². The fraction of sp³-hybridized carbons (Fsp3) is 0.419. The number of hydrogen-bond donors (Lipinski definition) is 1. The molecule has 15 nitrogen and oxygen atoms in total. The summed E-state index contributed by atoms with van der Waals surface area (Å²) in [7, 11) is -9.32. The average Bonchev–Trinajstić information content (AvgIpc) is 3.34. The zero-order valence-electron chi connectivity index (χ0n) is 30.4. The predicted molar refractivity (Wildman–Crippen MR) is 180 cm³/mol. The molecule has 1 N–H and O–H groups in total. The second-order valence-corrected chi connectivity index (χ2v) is 16.1. The number of benzene rings is 2. The Balaban J connectivity index is 0.00000901. The van der Waals surface area contributed by atoms with Crippen LogP contribution in [0.3, 0.4) is 0 Å². The maximum absolute atomic E-state index is 12.2. The van der Waals surface area contributed by atoms with Gasteiger partial charge in [-0.3, -0.25) is 4.79 Å². The van der Waals surface area contributed by atoms with Crippen LogP contribution in [-0.2, 0) is 35.2 Å². The first-order valence-corrected chi connectivity index (χ1v) is 18.8. The summed E-state index contributed by atoms with van der Waals surface area (Å²) in [4.78, 5) is 22.6. The van der Waals surface area contributed by atoms with Crippen molar-refractivity contribution < 1.29 is 195 Å². The molecule has 0 radical (unpaired) electrons. The third kappa shape index (κ3) is 16.6. The third-order valence-electron chi connectivity index (χ3n) is 7.36. The molecule has 3 aromatic rings. The molecule has 0 fully saturated rings. The SMILES string of the molecule is CC(=O)Nc1cc(C(CCCCS(=O)(=O)[O-])CCCC(=O)[O-])ccc1N=Nc1c(C#N)c(C(C)(C)C)nn1-c1c(Cl)cc(S(=O)(=O)[O-])cc1Cl.[K+].[K+].[K+]. The summed E-state index contributed by atoms with van der Waals surface area (Å²) in [5.41, 5.74) is 0.456. The van der Waals surface area contributed by atoms with E-state index in [2.05, 4.69) is 26.7 Å². The smallest absolute Gasteiger partial charge is 0.748 e. The standard InChI is InChI=1S/C31H36Cl2N6O9S2.3K/c1-18(40)35-26-14-20(19(9-7-10-27(41)42)8-5-6-13-49(43,44)45)11-12-25(26)36-37-30-22(17-34)29(31(2,3)4)38-39(30)28-23(32)15-21(16-24(28)33)50(46,47)48;;;/h11-12,14-16,19H,5-10,13H2,1-4H3,(H,35,40)(H,41,42)(H,43,44,45)(H,46,47,48);;;/q;3*+1/p-3. The number of carboxylic acids is 1. The molecule has 0 bridgehead atoms. The van der Waals surface area contributed by atoms with Gasteiger partial charge in [0.05, 0.1) is 36.4 Å². The Labute approximate surface area is 446 Å². The van der Waals surface area contributed by atoms with Gasteiger partial charge >= 0.3 is 154 Å². The van der Waals surface area contributed by atoms with Crippen LogP contribution in [-0.4, -0.2) is 53.4 Å². The van der Waals surface area contributed by atoms with Gasteiger partial charge in [0.2, 0.25) is 5.91 Å². The summed E-state index contributed by atoms with van der Waals surface area (Å²) in [5, 5.41) is 36.5. The normalized spacial score (nSPS) is 12.2. The Kier molecular flexibility index (Phi) is 24.0. The zero-order chi connectivity index (χ0) is 37.6. The number of rotatable bonds is 15. The minimum absolute atomic E-state index is 0. The molecule has 2 aromatic carbocycles. The van der Waals surface area contributed by atoms with E-state index in [1.807, 2.05) is 0 Å². The van der Waals surface area contributed by atoms with Gasteiger partial charge in [-0.2, -0.15) is 10.4 Å². The van der Waals surface area contributed by atoms with Crippen LogP contribution in [0.2, 0.25) is 10.0 Å². The van der Waals surface area contributed by atoms with Crippen LogP contribution in [0.1, 0.15) is 89.0 Å². The van der Waals surface area contributed by atoms with Crippen LogP contribution in [0.15, 0.2) is 45.5 Å². The number of hydrogen-bond acceptors (Lipinski definition) is 13. The van der Waals surface area contributed by atoms with Crippen LogP contribution in [0, 0.1) is 11.3 Å². The fourth-order valence-electron chi connectivity index (χ4n) is 5.10. The first-order valence-electron chi connectivity index (χ1n) is 15.1. The fourth-order valence-corrected chi connectivity index (χ4v) is 6.96. The topological polar surface area (TPSA) is 250 Å². The number of halogens is 2. The van der Waals surface area contributed by atoms with Crippen molar-refractivity contribution in [1.82, 2.24) is 9.78 Å². The molecule has 1 unspecified atom stereocenters. The molecule has 0 saturated carbocycles. The van der Waals surface area contributed by atoms with Crippen LogP contribution >= 0.6 is 23.2 Å². The summed E-state index contributed by atoms with van der Waals surface area (Å²) in [6, 6.07) is 8.67. The Morgan fingerprint density at radius 1 is 0.981 bits per heavy atom. The van der Waals surface area contributed by atoms with Crippen molar-refractivity contribution in [3.8, 4) is 11.8 Å². The molecule has 1 atom stereocenters. The van der Waals surface area contributed by atoms with Gasteiger partial charge < -0.3 is 24.3 Å². The molecule has 0 aliphatic rings. The van der Waals surface area contributed by atoms with Crippen molar-refractivity contribution in [2.75, 3.05) is 11.1 Å². The number of unbranched alkanes of at least 4 members (excludes halogenated alkanes) is 1. The number of azo groups is 1. The van der Waals surface area contributed by atoms with Gasteiger partial charge in [-0.25, -0.2) is 21.5 Å². The van der Waals surface area contributed by atoms with Gasteiger partial charge in [0.15, 0.2) is 5.82 Å². The summed E-state index contributed by atoms with van der Waals surface area (Å²) < 4.78 is 69.2. The van der Waals surface area contributed by atoms with E-state index in [1.165, 1.54) is 13.0 Å². The summed E-state index contributed by atoms with van der Waals surface area (Å²) >= 11 is 12.8. The van der Waals surface area contributed by atoms with Gasteiger partial charge in [-0.15, -0.1) is 10.2 Å². The quantitative estimate of drug-likeness (QED) is 0.0675. The van der Waals surface area contributed by atoms with Gasteiger partial charge in [0.1, 0.15) is 33.1 Å². The third-order valence-corrected chi connectivity index (χ3v) is 9.54. The number of amides is 1. The van der Waals surface area contributed by atoms with Crippen LogP contribution in [0.4, 0.5) is 17.2 Å². The minimum Gasteiger partial charge on any atom is -0.748 e. The van der Waals surface area contributed by atoms with E-state index < -0.39 is 48.2 Å². The zero-order valence-corrected chi connectivity index (χ0v) is 42.9. The molecule has 1 amide bonds. The first kappa shape index (κ1) is 54.0. The van der Waals surface area contributed by atoms with E-state index >= 15 is 0 Å². The Bertz CT molecular complexity index is 2060. The summed E-state index contributed by atoms with van der Waals surface area (Å²) in [6.45, 7) is 6.62. The summed E-state index contributed by atoms with van der Waals surface area (Å²) in [6.07, 6.45) is 1.32. The second-order valence-electron chi connectivity index (χ2n) is 12.4. The van der Waals surface area contributed by atoms with E-state index in [4.69, 9.17) is 23.2 Å². The number of carboxylic acid groups (broad SMARTS) is 1. The van der Waals surface area contributed by atoms with E-state index in [0.29, 0.717) is 24.8 Å². The Morgan fingerprint density at radius 3 is 2.06 bits per heavy atom. The second kappa shape index (κ2) is 23.5. The van der Waals surface area contributed by atoms with E-state index in [0.717, 1.165) is 16.8 Å². The Hall–Kier alpha value is 0.989. The maximum atomic E-state index is 12.2. The number of nitrogens with zero attached hydrogens (tertiary/aromatic N) is 5. The number of aromatic nitrogens is 2. The molecule has 0 aliphatic carbocycles. The van der Waals surface area contributed by atoms with Gasteiger partial charge in [-0.1, -0.05) is 56.5 Å². The van der Waals surface area contributed by atoms with Crippen molar-refractivity contribution in [3.63, 3.8) is 0 Å². The van der Waals surface area contributed by atoms with Gasteiger partial charge in [0.25, 0.3) is 0 Å². The number of anilines is 1. The van der Waals surface area contributed by atoms with E-state index in [1.54, 1.807) is 32.9 Å². The van der Waals surface area contributed by atoms with Crippen molar-refractivity contribution in [1.29, 1.82) is 5.26 Å². The summed E-state index contributed by atoms with van der Waals surface area (Å²) in [5.74, 6) is -2.65. The van der Waals surface area contributed by atoms with Crippen LogP contribution in [0.25, 0.3) is 5.69 Å². The number of aliphatic carboxylic acids is 1. The largest absolute Gasteiger partial charge is 1.00 e. The Morgan fingerprint density at radius 2 is 1.57 bits per heavy atom.